The topological polar surface area (TPSA) is 98.7 Å². The van der Waals surface area contributed by atoms with E-state index in [1.807, 2.05) is 34.6 Å². The molecule has 2 aromatic rings. The first-order chi connectivity index (χ1) is 19.5. The highest BCUT2D eigenvalue weighted by atomic mass is 19.1. The van der Waals surface area contributed by atoms with Crippen LogP contribution < -0.4 is 10.6 Å². The number of carbonyl (C=O) groups excluding carboxylic acids is 3. The molecule has 1 unspecified atom stereocenters. The number of hydrogen-bond donors (Lipinski definition) is 3. The lowest BCUT2D eigenvalue weighted by molar-refractivity contribution is -0.126. The Labute approximate surface area is 242 Å². The van der Waals surface area contributed by atoms with Gasteiger partial charge in [-0.05, 0) is 73.9 Å². The first kappa shape index (κ1) is 33.9. The van der Waals surface area contributed by atoms with E-state index in [-0.39, 0.29) is 41.7 Å². The summed E-state index contributed by atoms with van der Waals surface area (Å²) < 4.78 is 27.9. The largest absolute Gasteiger partial charge is 0.391 e. The minimum Gasteiger partial charge on any atom is -0.391 e. The molecule has 3 N–H and O–H groups in total. The van der Waals surface area contributed by atoms with Crippen molar-refractivity contribution in [3.8, 4) is 0 Å². The number of nitrogens with one attached hydrogen (secondary N) is 2. The molecule has 3 atom stereocenters. The number of amides is 3. The van der Waals surface area contributed by atoms with Crippen LogP contribution in [-0.2, 0) is 11.2 Å². The van der Waals surface area contributed by atoms with E-state index >= 15 is 0 Å². The van der Waals surface area contributed by atoms with Gasteiger partial charge in [-0.2, -0.15) is 0 Å². The minimum atomic E-state index is -1.19. The highest BCUT2D eigenvalue weighted by Crippen LogP contribution is 2.19. The quantitative estimate of drug-likeness (QED) is 0.260. The number of rotatable bonds is 16. The Bertz CT molecular complexity index is 1130. The van der Waals surface area contributed by atoms with Gasteiger partial charge in [0.25, 0.3) is 11.8 Å². The zero-order chi connectivity index (χ0) is 30.5. The van der Waals surface area contributed by atoms with E-state index in [4.69, 9.17) is 0 Å². The van der Waals surface area contributed by atoms with Crippen LogP contribution >= 0.6 is 0 Å². The van der Waals surface area contributed by atoms with Gasteiger partial charge < -0.3 is 20.6 Å². The Balaban J connectivity index is 2.30. The predicted molar refractivity (Wildman–Crippen MR) is 156 cm³/mol. The maximum atomic E-state index is 13.9. The van der Waals surface area contributed by atoms with Crippen LogP contribution in [0.3, 0.4) is 0 Å². The van der Waals surface area contributed by atoms with Gasteiger partial charge >= 0.3 is 0 Å². The third-order valence-electron chi connectivity index (χ3n) is 6.88. The summed E-state index contributed by atoms with van der Waals surface area (Å²) in [4.78, 5) is 40.9. The number of nitrogens with zero attached hydrogens (tertiary/aromatic N) is 1. The van der Waals surface area contributed by atoms with Gasteiger partial charge in [0, 0.05) is 42.7 Å². The Morgan fingerprint density at radius 1 is 0.927 bits per heavy atom. The molecule has 226 valence electrons. The van der Waals surface area contributed by atoms with E-state index in [1.54, 1.807) is 23.1 Å². The lowest BCUT2D eigenvalue weighted by Gasteiger charge is -2.27. The van der Waals surface area contributed by atoms with Crippen LogP contribution in [0.25, 0.3) is 0 Å². The SMILES string of the molecule is CCCN(CCC)C(=O)c1cccc(C(=O)NC(Cc2cc(F)cc(F)c2)[C@@H](O)C[C@@H](CC)C(=O)NCC(C)C)c1. The van der Waals surface area contributed by atoms with Gasteiger partial charge in [0.05, 0.1) is 12.1 Å². The standard InChI is InChI=1S/C32H45F2N3O4/c1-6-12-37(13-7-2)32(41)25-11-9-10-24(17-25)31(40)36-28(16-22-14-26(33)19-27(34)15-22)29(38)18-23(8-3)30(39)35-20-21(4)5/h9-11,14-15,17,19,21,23,28-29,38H,6-8,12-13,16,18,20H2,1-5H3,(H,35,39)(H,36,40)/t23-,28?,29+/m1/s1. The first-order valence-electron chi connectivity index (χ1n) is 14.6. The van der Waals surface area contributed by atoms with Crippen molar-refractivity contribution in [3.05, 3.63) is 70.8 Å². The van der Waals surface area contributed by atoms with Gasteiger partial charge in [0.15, 0.2) is 0 Å². The Kier molecular flexibility index (Phi) is 13.9. The molecule has 7 nitrogen and oxygen atoms in total. The van der Waals surface area contributed by atoms with Crippen molar-refractivity contribution < 1.29 is 28.3 Å². The molecule has 2 aromatic carbocycles. The van der Waals surface area contributed by atoms with E-state index in [0.717, 1.165) is 31.0 Å². The Morgan fingerprint density at radius 2 is 1.54 bits per heavy atom. The summed E-state index contributed by atoms with van der Waals surface area (Å²) in [5, 5.41) is 16.9. The second kappa shape index (κ2) is 16.8. The zero-order valence-electron chi connectivity index (χ0n) is 24.9. The molecule has 0 heterocycles. The number of halogens is 2. The summed E-state index contributed by atoms with van der Waals surface area (Å²) in [5.74, 6) is -2.71. The van der Waals surface area contributed by atoms with Crippen molar-refractivity contribution >= 4 is 17.7 Å². The van der Waals surface area contributed by atoms with Crippen LogP contribution in [0.4, 0.5) is 8.78 Å². The summed E-state index contributed by atoms with van der Waals surface area (Å²) >= 11 is 0. The molecule has 0 saturated carbocycles. The summed E-state index contributed by atoms with van der Waals surface area (Å²) in [5.41, 5.74) is 0.840. The molecular weight excluding hydrogens is 528 g/mol. The minimum absolute atomic E-state index is 0.0463. The van der Waals surface area contributed by atoms with Crippen LogP contribution in [0.5, 0.6) is 0 Å². The second-order valence-corrected chi connectivity index (χ2v) is 11.0. The number of carbonyl (C=O) groups is 3. The van der Waals surface area contributed by atoms with E-state index in [2.05, 4.69) is 10.6 Å². The predicted octanol–water partition coefficient (Wildman–Crippen LogP) is 5.12. The van der Waals surface area contributed by atoms with Crippen LogP contribution in [0.15, 0.2) is 42.5 Å². The summed E-state index contributed by atoms with van der Waals surface area (Å²) in [7, 11) is 0. The average Bonchev–Trinajstić information content (AvgIpc) is 2.93. The van der Waals surface area contributed by atoms with Crippen LogP contribution in [0, 0.1) is 23.5 Å². The van der Waals surface area contributed by atoms with Crippen molar-refractivity contribution in [2.24, 2.45) is 11.8 Å². The molecule has 41 heavy (non-hydrogen) atoms. The molecule has 0 saturated heterocycles. The average molecular weight is 574 g/mol. The molecular formula is C32H45F2N3O4. The zero-order valence-corrected chi connectivity index (χ0v) is 24.9. The summed E-state index contributed by atoms with van der Waals surface area (Å²) in [6.45, 7) is 11.5. The molecule has 0 aliphatic carbocycles. The molecule has 0 aromatic heterocycles. The molecule has 0 fully saturated rings. The monoisotopic (exact) mass is 573 g/mol. The number of hydrogen-bond acceptors (Lipinski definition) is 4. The molecule has 0 spiro atoms. The molecule has 0 aliphatic heterocycles. The van der Waals surface area contributed by atoms with E-state index in [1.165, 1.54) is 6.07 Å². The molecule has 9 heteroatoms. The van der Waals surface area contributed by atoms with E-state index < -0.39 is 35.6 Å². The number of aliphatic hydroxyl groups excluding tert-OH is 1. The molecule has 0 bridgehead atoms. The van der Waals surface area contributed by atoms with Gasteiger partial charge in [0.1, 0.15) is 11.6 Å². The summed E-state index contributed by atoms with van der Waals surface area (Å²) in [6, 6.07) is 8.45. The number of benzene rings is 2. The first-order valence-corrected chi connectivity index (χ1v) is 14.6. The van der Waals surface area contributed by atoms with Gasteiger partial charge in [-0.15, -0.1) is 0 Å². The lowest BCUT2D eigenvalue weighted by Crippen LogP contribution is -2.47. The van der Waals surface area contributed by atoms with Gasteiger partial charge in [-0.1, -0.05) is 40.7 Å². The third kappa shape index (κ3) is 10.9. The second-order valence-electron chi connectivity index (χ2n) is 11.0. The van der Waals surface area contributed by atoms with Crippen molar-refractivity contribution in [1.29, 1.82) is 0 Å². The Morgan fingerprint density at radius 3 is 2.10 bits per heavy atom. The number of aliphatic hydroxyl groups is 1. The summed E-state index contributed by atoms with van der Waals surface area (Å²) in [6.07, 6.45) is 0.873. The smallest absolute Gasteiger partial charge is 0.253 e. The maximum Gasteiger partial charge on any atom is 0.253 e. The Hall–Kier alpha value is -3.33. The maximum absolute atomic E-state index is 13.9. The van der Waals surface area contributed by atoms with E-state index in [0.29, 0.717) is 31.6 Å². The lowest BCUT2D eigenvalue weighted by atomic mass is 9.91. The fourth-order valence-electron chi connectivity index (χ4n) is 4.71. The van der Waals surface area contributed by atoms with Crippen molar-refractivity contribution in [1.82, 2.24) is 15.5 Å². The fraction of sp³-hybridized carbons (Fsp3) is 0.531. The molecule has 3 amide bonds. The van der Waals surface area contributed by atoms with Crippen LogP contribution in [-0.4, -0.2) is 59.5 Å². The molecule has 0 radical (unpaired) electrons. The van der Waals surface area contributed by atoms with Crippen molar-refractivity contribution in [3.63, 3.8) is 0 Å². The normalized spacial score (nSPS) is 13.4. The third-order valence-corrected chi connectivity index (χ3v) is 6.88. The highest BCUT2D eigenvalue weighted by Gasteiger charge is 2.28. The molecule has 0 aliphatic rings. The van der Waals surface area contributed by atoms with Crippen LogP contribution in [0.2, 0.25) is 0 Å². The van der Waals surface area contributed by atoms with Gasteiger partial charge in [0.2, 0.25) is 5.91 Å². The van der Waals surface area contributed by atoms with Crippen LogP contribution in [0.1, 0.15) is 86.6 Å². The van der Waals surface area contributed by atoms with Crippen molar-refractivity contribution in [2.45, 2.75) is 78.9 Å². The molecule has 2 rings (SSSR count). The fourth-order valence-corrected chi connectivity index (χ4v) is 4.71. The highest BCUT2D eigenvalue weighted by molar-refractivity contribution is 5.99. The van der Waals surface area contributed by atoms with Gasteiger partial charge in [-0.3, -0.25) is 14.4 Å². The van der Waals surface area contributed by atoms with Gasteiger partial charge in [-0.25, -0.2) is 8.78 Å². The van der Waals surface area contributed by atoms with Crippen molar-refractivity contribution in [2.75, 3.05) is 19.6 Å². The van der Waals surface area contributed by atoms with E-state index in [9.17, 15) is 28.3 Å².